The van der Waals surface area contributed by atoms with Gasteiger partial charge in [-0.3, -0.25) is 0 Å². The van der Waals surface area contributed by atoms with Crippen molar-refractivity contribution in [3.8, 4) is 0 Å². The highest BCUT2D eigenvalue weighted by molar-refractivity contribution is 6.30. The van der Waals surface area contributed by atoms with E-state index < -0.39 is 5.82 Å². The van der Waals surface area contributed by atoms with Gasteiger partial charge in [0.15, 0.2) is 0 Å². The normalized spacial score (nSPS) is 26.1. The summed E-state index contributed by atoms with van der Waals surface area (Å²) in [5.74, 6) is -0.394. The molecule has 0 saturated carbocycles. The van der Waals surface area contributed by atoms with Gasteiger partial charge in [0, 0.05) is 6.04 Å². The van der Waals surface area contributed by atoms with Gasteiger partial charge in [-0.15, -0.1) is 0 Å². The molecule has 1 aromatic rings. The molecule has 0 radical (unpaired) electrons. The van der Waals surface area contributed by atoms with E-state index in [0.717, 1.165) is 18.4 Å². The fourth-order valence-electron chi connectivity index (χ4n) is 2.22. The van der Waals surface area contributed by atoms with Crippen LogP contribution in [0.2, 0.25) is 5.02 Å². The molecule has 3 atom stereocenters. The van der Waals surface area contributed by atoms with Gasteiger partial charge in [0.05, 0.1) is 17.2 Å². The highest BCUT2D eigenvalue weighted by Gasteiger charge is 2.27. The van der Waals surface area contributed by atoms with Crippen LogP contribution in [-0.4, -0.2) is 18.2 Å². The highest BCUT2D eigenvalue weighted by Crippen LogP contribution is 2.23. The van der Waals surface area contributed by atoms with Crippen LogP contribution in [0.3, 0.4) is 0 Å². The van der Waals surface area contributed by atoms with E-state index >= 15 is 0 Å². The van der Waals surface area contributed by atoms with Crippen LogP contribution in [0.25, 0.3) is 0 Å². The van der Waals surface area contributed by atoms with Crippen LogP contribution in [0.1, 0.15) is 25.3 Å². The van der Waals surface area contributed by atoms with Gasteiger partial charge in [0.2, 0.25) is 0 Å². The van der Waals surface area contributed by atoms with Crippen molar-refractivity contribution < 1.29 is 9.13 Å². The fraction of sp³-hybridized carbons (Fsp3) is 0.538. The molecule has 2 nitrogen and oxygen atoms in total. The minimum absolute atomic E-state index is 0.0542. The SMILES string of the molecule is CC1CCC(C(N)Cc2ccc(F)c(Cl)c2)O1. The summed E-state index contributed by atoms with van der Waals surface area (Å²) >= 11 is 5.73. The Hall–Kier alpha value is -0.640. The first-order valence-corrected chi connectivity index (χ1v) is 6.29. The van der Waals surface area contributed by atoms with Crippen molar-refractivity contribution in [2.75, 3.05) is 0 Å². The van der Waals surface area contributed by atoms with Gasteiger partial charge in [-0.05, 0) is 43.9 Å². The average Bonchev–Trinajstić information content (AvgIpc) is 2.70. The summed E-state index contributed by atoms with van der Waals surface area (Å²) in [7, 11) is 0. The predicted molar refractivity (Wildman–Crippen MR) is 66.7 cm³/mol. The summed E-state index contributed by atoms with van der Waals surface area (Å²) in [6.07, 6.45) is 3.12. The van der Waals surface area contributed by atoms with Gasteiger partial charge < -0.3 is 10.5 Å². The van der Waals surface area contributed by atoms with E-state index in [4.69, 9.17) is 22.1 Å². The third-order valence-corrected chi connectivity index (χ3v) is 3.49. The Morgan fingerprint density at radius 3 is 2.88 bits per heavy atom. The zero-order valence-corrected chi connectivity index (χ0v) is 10.6. The summed E-state index contributed by atoms with van der Waals surface area (Å²) in [5.41, 5.74) is 7.05. The number of benzene rings is 1. The molecule has 2 rings (SSSR count). The van der Waals surface area contributed by atoms with Crippen LogP contribution in [0, 0.1) is 5.82 Å². The molecule has 1 fully saturated rings. The molecule has 0 aliphatic carbocycles. The van der Waals surface area contributed by atoms with Crippen LogP contribution in [-0.2, 0) is 11.2 Å². The minimum Gasteiger partial charge on any atom is -0.374 e. The van der Waals surface area contributed by atoms with E-state index in [-0.39, 0.29) is 17.2 Å². The van der Waals surface area contributed by atoms with Gasteiger partial charge in [-0.2, -0.15) is 0 Å². The van der Waals surface area contributed by atoms with Gasteiger partial charge in [-0.1, -0.05) is 17.7 Å². The molecule has 1 saturated heterocycles. The van der Waals surface area contributed by atoms with E-state index in [1.165, 1.54) is 6.07 Å². The molecule has 1 aliphatic rings. The van der Waals surface area contributed by atoms with Crippen molar-refractivity contribution in [3.63, 3.8) is 0 Å². The van der Waals surface area contributed by atoms with Crippen LogP contribution in [0.5, 0.6) is 0 Å². The van der Waals surface area contributed by atoms with Crippen molar-refractivity contribution in [1.29, 1.82) is 0 Å². The Labute approximate surface area is 106 Å². The molecule has 1 aromatic carbocycles. The number of ether oxygens (including phenoxy) is 1. The molecule has 0 aromatic heterocycles. The predicted octanol–water partition coefficient (Wildman–Crippen LogP) is 2.92. The summed E-state index contributed by atoms with van der Waals surface area (Å²) in [5, 5.41) is 0.149. The van der Waals surface area contributed by atoms with Crippen LogP contribution in [0.4, 0.5) is 4.39 Å². The Morgan fingerprint density at radius 2 is 2.29 bits per heavy atom. The summed E-state index contributed by atoms with van der Waals surface area (Å²) in [6, 6.07) is 4.68. The molecule has 3 unspecified atom stereocenters. The van der Waals surface area contributed by atoms with Gasteiger partial charge in [0.25, 0.3) is 0 Å². The maximum atomic E-state index is 13.0. The fourth-order valence-corrected chi connectivity index (χ4v) is 2.42. The summed E-state index contributed by atoms with van der Waals surface area (Å²) in [4.78, 5) is 0. The standard InChI is InChI=1S/C13H17ClFNO/c1-8-2-5-13(17-8)12(16)7-9-3-4-11(15)10(14)6-9/h3-4,6,8,12-13H,2,5,7,16H2,1H3. The molecule has 0 spiro atoms. The van der Waals surface area contributed by atoms with Crippen LogP contribution in [0.15, 0.2) is 18.2 Å². The smallest absolute Gasteiger partial charge is 0.141 e. The van der Waals surface area contributed by atoms with Gasteiger partial charge in [-0.25, -0.2) is 4.39 Å². The molecule has 2 N–H and O–H groups in total. The summed E-state index contributed by atoms with van der Waals surface area (Å²) in [6.45, 7) is 2.06. The van der Waals surface area contributed by atoms with Crippen molar-refractivity contribution >= 4 is 11.6 Å². The van der Waals surface area contributed by atoms with Crippen molar-refractivity contribution in [2.45, 2.75) is 44.4 Å². The molecular formula is C13H17ClFNO. The number of hydrogen-bond donors (Lipinski definition) is 1. The quantitative estimate of drug-likeness (QED) is 0.904. The Balaban J connectivity index is 1.98. The maximum Gasteiger partial charge on any atom is 0.141 e. The monoisotopic (exact) mass is 257 g/mol. The highest BCUT2D eigenvalue weighted by atomic mass is 35.5. The molecule has 0 bridgehead atoms. The van der Waals surface area contributed by atoms with Gasteiger partial charge in [0.1, 0.15) is 5.82 Å². The molecular weight excluding hydrogens is 241 g/mol. The molecule has 94 valence electrons. The van der Waals surface area contributed by atoms with Crippen LogP contribution < -0.4 is 5.73 Å². The Bertz CT molecular complexity index is 399. The Kier molecular flexibility index (Phi) is 4.02. The van der Waals surface area contributed by atoms with Gasteiger partial charge >= 0.3 is 0 Å². The maximum absolute atomic E-state index is 13.0. The molecule has 0 amide bonds. The topological polar surface area (TPSA) is 35.2 Å². The second-order valence-electron chi connectivity index (χ2n) is 4.68. The number of rotatable bonds is 3. The van der Waals surface area contributed by atoms with E-state index in [1.54, 1.807) is 12.1 Å². The second-order valence-corrected chi connectivity index (χ2v) is 5.09. The molecule has 1 aliphatic heterocycles. The lowest BCUT2D eigenvalue weighted by Crippen LogP contribution is -2.36. The third-order valence-electron chi connectivity index (χ3n) is 3.20. The second kappa shape index (κ2) is 5.34. The van der Waals surface area contributed by atoms with E-state index in [9.17, 15) is 4.39 Å². The summed E-state index contributed by atoms with van der Waals surface area (Å²) < 4.78 is 18.7. The first-order chi connectivity index (χ1) is 8.06. The average molecular weight is 258 g/mol. The minimum atomic E-state index is -0.394. The lowest BCUT2D eigenvalue weighted by molar-refractivity contribution is 0.0404. The molecule has 4 heteroatoms. The van der Waals surface area contributed by atoms with Crippen molar-refractivity contribution in [3.05, 3.63) is 34.6 Å². The van der Waals surface area contributed by atoms with Crippen LogP contribution >= 0.6 is 11.6 Å². The molecule has 17 heavy (non-hydrogen) atoms. The zero-order valence-electron chi connectivity index (χ0n) is 9.83. The van der Waals surface area contributed by atoms with E-state index in [1.807, 2.05) is 0 Å². The van der Waals surface area contributed by atoms with Crippen molar-refractivity contribution in [1.82, 2.24) is 0 Å². The van der Waals surface area contributed by atoms with E-state index in [2.05, 4.69) is 6.92 Å². The lowest BCUT2D eigenvalue weighted by atomic mass is 10.00. The first-order valence-electron chi connectivity index (χ1n) is 5.91. The largest absolute Gasteiger partial charge is 0.374 e. The number of nitrogens with two attached hydrogens (primary N) is 1. The van der Waals surface area contributed by atoms with E-state index in [0.29, 0.717) is 12.5 Å². The molecule has 1 heterocycles. The lowest BCUT2D eigenvalue weighted by Gasteiger charge is -2.19. The first kappa shape index (κ1) is 12.8. The zero-order chi connectivity index (χ0) is 12.4. The Morgan fingerprint density at radius 1 is 1.53 bits per heavy atom. The third kappa shape index (κ3) is 3.18. The number of halogens is 2. The van der Waals surface area contributed by atoms with Crippen molar-refractivity contribution in [2.24, 2.45) is 5.73 Å². The number of hydrogen-bond acceptors (Lipinski definition) is 2.